The predicted octanol–water partition coefficient (Wildman–Crippen LogP) is 0.120. The predicted molar refractivity (Wildman–Crippen MR) is 122 cm³/mol. The van der Waals surface area contributed by atoms with Crippen molar-refractivity contribution >= 4 is 17.8 Å². The van der Waals surface area contributed by atoms with Gasteiger partial charge in [0, 0.05) is 12.6 Å². The first-order chi connectivity index (χ1) is 16.0. The van der Waals surface area contributed by atoms with E-state index >= 15 is 0 Å². The van der Waals surface area contributed by atoms with E-state index in [2.05, 4.69) is 5.32 Å². The summed E-state index contributed by atoms with van der Waals surface area (Å²) in [5, 5.41) is 31.8. The summed E-state index contributed by atoms with van der Waals surface area (Å²) >= 11 is 0. The third-order valence-corrected chi connectivity index (χ3v) is 7.64. The van der Waals surface area contributed by atoms with Crippen molar-refractivity contribution in [3.05, 3.63) is 26.4 Å². The van der Waals surface area contributed by atoms with E-state index in [0.29, 0.717) is 19.3 Å². The molecule has 0 unspecified atom stereocenters. The van der Waals surface area contributed by atoms with E-state index in [1.807, 2.05) is 6.92 Å². The second-order valence-electron chi connectivity index (χ2n) is 9.76. The molecule has 0 radical (unpaired) electrons. The van der Waals surface area contributed by atoms with Crippen LogP contribution in [0, 0.1) is 5.41 Å². The fraction of sp³-hybridized carbons (Fsp3) is 0.682. The zero-order chi connectivity index (χ0) is 24.8. The van der Waals surface area contributed by atoms with Crippen LogP contribution in [0.2, 0.25) is 0 Å². The Bertz CT molecular complexity index is 1140. The number of nitrogens with zero attached hydrogens (tertiary/aromatic N) is 3. The van der Waals surface area contributed by atoms with Crippen molar-refractivity contribution in [1.82, 2.24) is 19.4 Å². The molecule has 1 saturated heterocycles. The molecule has 12 heteroatoms. The van der Waals surface area contributed by atoms with Gasteiger partial charge in [0.1, 0.15) is 16.9 Å². The van der Waals surface area contributed by atoms with Crippen LogP contribution in [0.5, 0.6) is 5.88 Å². The number of β-amino-alcohol motifs (C(OH)–C–C–N with tert-alkyl or cyclic N) is 1. The van der Waals surface area contributed by atoms with Gasteiger partial charge in [0.05, 0.1) is 12.1 Å². The standard InChI is InChI=1S/C22H32N6O6/c1-2-3-11-26-16(29)14(15(23)24)17(30)28(20(26)33)13-5-9-21(34,10-6-13)12-27-19(32)25-18(31)22(27)7-4-8-22/h13,29,34H,2-12H2,1H3,(H3,23,24)(H,25,31,32). The van der Waals surface area contributed by atoms with Crippen LogP contribution < -0.4 is 22.3 Å². The van der Waals surface area contributed by atoms with E-state index in [0.717, 1.165) is 22.0 Å². The van der Waals surface area contributed by atoms with Crippen molar-refractivity contribution in [1.29, 1.82) is 5.41 Å². The number of unbranched alkanes of at least 4 members (excludes halogenated alkanes) is 1. The lowest BCUT2D eigenvalue weighted by Crippen LogP contribution is -2.59. The molecule has 1 aromatic rings. The molecule has 12 nitrogen and oxygen atoms in total. The summed E-state index contributed by atoms with van der Waals surface area (Å²) in [5.41, 5.74) is 1.51. The Kier molecular flexibility index (Phi) is 6.05. The van der Waals surface area contributed by atoms with Gasteiger partial charge in [0.25, 0.3) is 11.5 Å². The van der Waals surface area contributed by atoms with Crippen molar-refractivity contribution in [2.75, 3.05) is 6.54 Å². The first kappa shape index (κ1) is 24.0. The summed E-state index contributed by atoms with van der Waals surface area (Å²) in [6.45, 7) is 2.10. The number of carbonyl (C=O) groups excluding carboxylic acids is 2. The Balaban J connectivity index is 1.58. The molecule has 0 bridgehead atoms. The number of amides is 3. The Labute approximate surface area is 195 Å². The normalized spacial score (nSPS) is 25.9. The maximum atomic E-state index is 13.1. The van der Waals surface area contributed by atoms with Crippen molar-refractivity contribution < 1.29 is 19.8 Å². The molecular formula is C22H32N6O6. The zero-order valence-electron chi connectivity index (χ0n) is 19.3. The minimum Gasteiger partial charge on any atom is -0.494 e. The molecule has 1 spiro atoms. The second-order valence-corrected chi connectivity index (χ2v) is 9.76. The molecular weight excluding hydrogens is 444 g/mol. The number of rotatable bonds is 7. The number of aliphatic hydroxyl groups is 1. The molecule has 1 aliphatic heterocycles. The van der Waals surface area contributed by atoms with Crippen LogP contribution >= 0.6 is 0 Å². The quantitative estimate of drug-likeness (QED) is 0.210. The largest absolute Gasteiger partial charge is 0.494 e. The molecule has 2 heterocycles. The number of hydrogen-bond acceptors (Lipinski definition) is 7. The fourth-order valence-electron chi connectivity index (χ4n) is 5.41. The van der Waals surface area contributed by atoms with Gasteiger partial charge < -0.3 is 20.8 Å². The minimum absolute atomic E-state index is 0.00119. The molecule has 186 valence electrons. The van der Waals surface area contributed by atoms with Gasteiger partial charge in [-0.3, -0.25) is 29.4 Å². The molecule has 2 saturated carbocycles. The summed E-state index contributed by atoms with van der Waals surface area (Å²) in [6, 6.07) is -1.06. The second kappa shape index (κ2) is 8.57. The van der Waals surface area contributed by atoms with Crippen LogP contribution in [-0.4, -0.2) is 59.7 Å². The Hall–Kier alpha value is -3.15. The number of nitrogens with one attached hydrogen (secondary N) is 2. The third kappa shape index (κ3) is 3.69. The number of nitrogens with two attached hydrogens (primary N) is 1. The number of nitrogen functional groups attached to an aromatic ring is 1. The molecule has 0 atom stereocenters. The first-order valence-electron chi connectivity index (χ1n) is 11.8. The third-order valence-electron chi connectivity index (χ3n) is 7.64. The van der Waals surface area contributed by atoms with Gasteiger partial charge in [-0.15, -0.1) is 0 Å². The number of amidine groups is 1. The van der Waals surface area contributed by atoms with Crippen LogP contribution in [-0.2, 0) is 11.3 Å². The maximum absolute atomic E-state index is 13.1. The summed E-state index contributed by atoms with van der Waals surface area (Å²) in [5.74, 6) is -1.54. The summed E-state index contributed by atoms with van der Waals surface area (Å²) in [4.78, 5) is 52.3. The average Bonchev–Trinajstić information content (AvgIpc) is 2.98. The maximum Gasteiger partial charge on any atom is 0.334 e. The number of aromatic nitrogens is 2. The van der Waals surface area contributed by atoms with Crippen molar-refractivity contribution in [2.24, 2.45) is 5.73 Å². The van der Waals surface area contributed by atoms with E-state index in [1.54, 1.807) is 0 Å². The van der Waals surface area contributed by atoms with Crippen LogP contribution in [0.15, 0.2) is 9.59 Å². The van der Waals surface area contributed by atoms with Crippen molar-refractivity contribution in [3.8, 4) is 5.88 Å². The number of hydrogen-bond donors (Lipinski definition) is 5. The van der Waals surface area contributed by atoms with Gasteiger partial charge in [-0.25, -0.2) is 9.59 Å². The molecule has 3 aliphatic rings. The van der Waals surface area contributed by atoms with E-state index in [1.165, 1.54) is 4.90 Å². The Morgan fingerprint density at radius 2 is 1.82 bits per heavy atom. The molecule has 2 aliphatic carbocycles. The highest BCUT2D eigenvalue weighted by Gasteiger charge is 2.58. The smallest absolute Gasteiger partial charge is 0.334 e. The van der Waals surface area contributed by atoms with Crippen LogP contribution in [0.3, 0.4) is 0 Å². The number of urea groups is 1. The van der Waals surface area contributed by atoms with Crippen LogP contribution in [0.25, 0.3) is 0 Å². The summed E-state index contributed by atoms with van der Waals surface area (Å²) in [7, 11) is 0. The van der Waals surface area contributed by atoms with Gasteiger partial charge in [-0.2, -0.15) is 0 Å². The van der Waals surface area contributed by atoms with E-state index in [-0.39, 0.29) is 44.7 Å². The number of carbonyl (C=O) groups is 2. The van der Waals surface area contributed by atoms with Gasteiger partial charge >= 0.3 is 11.7 Å². The Morgan fingerprint density at radius 3 is 2.35 bits per heavy atom. The fourth-order valence-corrected chi connectivity index (χ4v) is 5.41. The SMILES string of the molecule is CCCCn1c(O)c(C(=N)N)c(=O)n(C2CCC(O)(CN3C(=O)NC(=O)C34CCC4)CC2)c1=O. The summed E-state index contributed by atoms with van der Waals surface area (Å²) in [6.07, 6.45) is 4.29. The van der Waals surface area contributed by atoms with Gasteiger partial charge in [0.15, 0.2) is 0 Å². The highest BCUT2D eigenvalue weighted by atomic mass is 16.3. The molecule has 6 N–H and O–H groups in total. The van der Waals surface area contributed by atoms with Gasteiger partial charge in [-0.05, 0) is 51.4 Å². The zero-order valence-corrected chi connectivity index (χ0v) is 19.3. The van der Waals surface area contributed by atoms with Gasteiger partial charge in [-0.1, -0.05) is 13.3 Å². The van der Waals surface area contributed by atoms with Gasteiger partial charge in [0.2, 0.25) is 5.88 Å². The van der Waals surface area contributed by atoms with E-state index < -0.39 is 51.7 Å². The molecule has 34 heavy (non-hydrogen) atoms. The molecule has 4 rings (SSSR count). The van der Waals surface area contributed by atoms with Crippen molar-refractivity contribution in [3.63, 3.8) is 0 Å². The number of imide groups is 1. The lowest BCUT2D eigenvalue weighted by Gasteiger charge is -2.46. The highest BCUT2D eigenvalue weighted by Crippen LogP contribution is 2.43. The van der Waals surface area contributed by atoms with E-state index in [4.69, 9.17) is 11.1 Å². The molecule has 1 aromatic heterocycles. The lowest BCUT2D eigenvalue weighted by atomic mass is 9.74. The summed E-state index contributed by atoms with van der Waals surface area (Å²) < 4.78 is 2.11. The van der Waals surface area contributed by atoms with Crippen molar-refractivity contribution in [2.45, 2.75) is 88.4 Å². The lowest BCUT2D eigenvalue weighted by molar-refractivity contribution is -0.133. The van der Waals surface area contributed by atoms with Crippen LogP contribution in [0.4, 0.5) is 4.79 Å². The topological polar surface area (TPSA) is 184 Å². The Morgan fingerprint density at radius 1 is 1.18 bits per heavy atom. The molecule has 0 aromatic carbocycles. The number of aromatic hydroxyl groups is 1. The van der Waals surface area contributed by atoms with E-state index in [9.17, 15) is 29.4 Å². The minimum atomic E-state index is -1.26. The highest BCUT2D eigenvalue weighted by molar-refractivity contribution is 6.07. The first-order valence-corrected chi connectivity index (χ1v) is 11.8. The molecule has 3 amide bonds. The average molecular weight is 477 g/mol. The monoisotopic (exact) mass is 476 g/mol. The molecule has 3 fully saturated rings. The van der Waals surface area contributed by atoms with Crippen LogP contribution in [0.1, 0.15) is 76.3 Å².